The van der Waals surface area contributed by atoms with Gasteiger partial charge in [-0.2, -0.15) is 4.98 Å². The summed E-state index contributed by atoms with van der Waals surface area (Å²) in [4.78, 5) is 26.7. The van der Waals surface area contributed by atoms with Crippen LogP contribution in [0.4, 0.5) is 11.8 Å². The van der Waals surface area contributed by atoms with Gasteiger partial charge in [0.1, 0.15) is 0 Å². The minimum Gasteiger partial charge on any atom is -0.481 e. The molecule has 0 unspecified atom stereocenters. The van der Waals surface area contributed by atoms with E-state index < -0.39 is 0 Å². The van der Waals surface area contributed by atoms with E-state index >= 15 is 0 Å². The van der Waals surface area contributed by atoms with Crippen molar-refractivity contribution >= 4 is 11.8 Å². The Morgan fingerprint density at radius 3 is 3.12 bits per heavy atom. The zero-order valence-corrected chi connectivity index (χ0v) is 13.7. The molecule has 0 amide bonds. The van der Waals surface area contributed by atoms with Crippen LogP contribution in [0.1, 0.15) is 0 Å². The van der Waals surface area contributed by atoms with Crippen LogP contribution >= 0.6 is 0 Å². The van der Waals surface area contributed by atoms with Crippen molar-refractivity contribution in [3.05, 3.63) is 35.0 Å². The molecule has 9 heteroatoms. The summed E-state index contributed by atoms with van der Waals surface area (Å²) >= 11 is 0. The first-order valence-electron chi connectivity index (χ1n) is 7.66. The van der Waals surface area contributed by atoms with Crippen LogP contribution in [0, 0.1) is 0 Å². The summed E-state index contributed by atoms with van der Waals surface area (Å²) in [6.45, 7) is 2.36. The van der Waals surface area contributed by atoms with Crippen LogP contribution in [0.3, 0.4) is 0 Å². The van der Waals surface area contributed by atoms with Gasteiger partial charge >= 0.3 is 0 Å². The summed E-state index contributed by atoms with van der Waals surface area (Å²) < 4.78 is 12.4. The Labute approximate surface area is 139 Å². The van der Waals surface area contributed by atoms with Crippen LogP contribution in [0.5, 0.6) is 5.88 Å². The van der Waals surface area contributed by atoms with Crippen molar-refractivity contribution in [2.45, 2.75) is 6.10 Å². The van der Waals surface area contributed by atoms with Crippen molar-refractivity contribution in [1.29, 1.82) is 0 Å². The van der Waals surface area contributed by atoms with Crippen molar-refractivity contribution < 1.29 is 9.47 Å². The molecule has 1 fully saturated rings. The molecule has 9 nitrogen and oxygen atoms in total. The average Bonchev–Trinajstić information content (AvgIpc) is 2.63. The monoisotopic (exact) mass is 332 g/mol. The lowest BCUT2D eigenvalue weighted by atomic mass is 10.2. The molecule has 0 aliphatic carbocycles. The van der Waals surface area contributed by atoms with Gasteiger partial charge in [0, 0.05) is 51.3 Å². The first-order chi connectivity index (χ1) is 11.7. The largest absolute Gasteiger partial charge is 0.481 e. The lowest BCUT2D eigenvalue weighted by Gasteiger charge is -2.33. The molecule has 0 aromatic carbocycles. The second-order valence-electron chi connectivity index (χ2n) is 5.41. The Morgan fingerprint density at radius 2 is 2.29 bits per heavy atom. The minimum atomic E-state index is -0.165. The fourth-order valence-electron chi connectivity index (χ4n) is 2.45. The number of nitrogens with zero attached hydrogens (tertiary/aromatic N) is 5. The molecule has 1 atom stereocenters. The molecular weight excluding hydrogens is 312 g/mol. The quantitative estimate of drug-likeness (QED) is 0.811. The summed E-state index contributed by atoms with van der Waals surface area (Å²) in [5.74, 6) is 1.45. The van der Waals surface area contributed by atoms with Crippen LogP contribution < -0.4 is 20.5 Å². The highest BCUT2D eigenvalue weighted by Gasteiger charge is 2.23. The Balaban J connectivity index is 1.63. The summed E-state index contributed by atoms with van der Waals surface area (Å²) in [6, 6.07) is 1.71. The molecule has 24 heavy (non-hydrogen) atoms. The van der Waals surface area contributed by atoms with Gasteiger partial charge < -0.3 is 24.3 Å². The molecule has 1 saturated heterocycles. The Morgan fingerprint density at radius 1 is 1.42 bits per heavy atom. The number of methoxy groups -OCH3 is 1. The van der Waals surface area contributed by atoms with Crippen molar-refractivity contribution in [3.63, 3.8) is 0 Å². The van der Waals surface area contributed by atoms with Gasteiger partial charge in [-0.25, -0.2) is 9.97 Å². The molecule has 3 heterocycles. The lowest BCUT2D eigenvalue weighted by molar-refractivity contribution is 0.0486. The van der Waals surface area contributed by atoms with Gasteiger partial charge in [0.15, 0.2) is 5.82 Å². The molecule has 3 rings (SSSR count). The zero-order chi connectivity index (χ0) is 16.9. The van der Waals surface area contributed by atoms with Gasteiger partial charge in [-0.15, -0.1) is 0 Å². The molecule has 128 valence electrons. The third-order valence-corrected chi connectivity index (χ3v) is 3.76. The molecule has 2 aromatic rings. The predicted octanol–water partition coefficient (Wildman–Crippen LogP) is -0.104. The van der Waals surface area contributed by atoms with Crippen molar-refractivity contribution in [2.24, 2.45) is 7.05 Å². The van der Waals surface area contributed by atoms with E-state index in [1.165, 1.54) is 4.57 Å². The number of ether oxygens (including phenoxy) is 2. The fourth-order valence-corrected chi connectivity index (χ4v) is 2.45. The first kappa shape index (κ1) is 16.2. The van der Waals surface area contributed by atoms with Gasteiger partial charge in [-0.1, -0.05) is 0 Å². The molecule has 1 N–H and O–H groups in total. The number of nitrogens with one attached hydrogen (secondary N) is 1. The van der Waals surface area contributed by atoms with Crippen molar-refractivity contribution in [2.75, 3.05) is 43.6 Å². The highest BCUT2D eigenvalue weighted by Crippen LogP contribution is 2.15. The number of anilines is 2. The van der Waals surface area contributed by atoms with Crippen molar-refractivity contribution in [1.82, 2.24) is 19.5 Å². The van der Waals surface area contributed by atoms with E-state index in [1.807, 2.05) is 4.90 Å². The van der Waals surface area contributed by atoms with E-state index in [4.69, 9.17) is 9.47 Å². The van der Waals surface area contributed by atoms with E-state index in [1.54, 1.807) is 38.8 Å². The highest BCUT2D eigenvalue weighted by atomic mass is 16.5. The Bertz CT molecular complexity index is 750. The van der Waals surface area contributed by atoms with Crippen LogP contribution in [0.2, 0.25) is 0 Å². The maximum atomic E-state index is 12.0. The number of hydrogen-bond acceptors (Lipinski definition) is 8. The van der Waals surface area contributed by atoms with Crippen LogP contribution in [0.25, 0.3) is 0 Å². The second-order valence-corrected chi connectivity index (χ2v) is 5.41. The minimum absolute atomic E-state index is 0.0970. The van der Waals surface area contributed by atoms with E-state index in [0.717, 1.165) is 0 Å². The van der Waals surface area contributed by atoms with E-state index in [0.29, 0.717) is 43.9 Å². The van der Waals surface area contributed by atoms with E-state index in [9.17, 15) is 4.79 Å². The maximum Gasteiger partial charge on any atom is 0.293 e. The van der Waals surface area contributed by atoms with Gasteiger partial charge in [-0.05, 0) is 0 Å². The Hall–Kier alpha value is -2.68. The lowest BCUT2D eigenvalue weighted by Crippen LogP contribution is -2.46. The van der Waals surface area contributed by atoms with Crippen molar-refractivity contribution in [3.8, 4) is 5.88 Å². The third kappa shape index (κ3) is 3.62. The van der Waals surface area contributed by atoms with E-state index in [-0.39, 0.29) is 11.7 Å². The fraction of sp³-hybridized carbons (Fsp3) is 0.467. The average molecular weight is 332 g/mol. The molecule has 1 aliphatic rings. The maximum absolute atomic E-state index is 12.0. The number of morpholine rings is 1. The molecule has 0 bridgehead atoms. The van der Waals surface area contributed by atoms with Gasteiger partial charge in [0.05, 0.1) is 19.8 Å². The zero-order valence-electron chi connectivity index (χ0n) is 13.7. The summed E-state index contributed by atoms with van der Waals surface area (Å²) in [6.07, 6.45) is 4.77. The van der Waals surface area contributed by atoms with Crippen LogP contribution in [0.15, 0.2) is 29.5 Å². The number of aryl methyl sites for hydroxylation is 1. The second kappa shape index (κ2) is 7.26. The smallest absolute Gasteiger partial charge is 0.293 e. The summed E-state index contributed by atoms with van der Waals surface area (Å²) in [7, 11) is 3.26. The molecule has 0 radical (unpaired) electrons. The summed E-state index contributed by atoms with van der Waals surface area (Å²) in [5.41, 5.74) is -0.165. The molecule has 2 aromatic heterocycles. The summed E-state index contributed by atoms with van der Waals surface area (Å²) in [5, 5.41) is 3.06. The highest BCUT2D eigenvalue weighted by molar-refractivity contribution is 5.34. The predicted molar refractivity (Wildman–Crippen MR) is 88.5 cm³/mol. The van der Waals surface area contributed by atoms with Gasteiger partial charge in [-0.3, -0.25) is 4.79 Å². The first-order valence-corrected chi connectivity index (χ1v) is 7.66. The van der Waals surface area contributed by atoms with Gasteiger partial charge in [0.2, 0.25) is 11.8 Å². The molecule has 0 saturated carbocycles. The van der Waals surface area contributed by atoms with Gasteiger partial charge in [0.25, 0.3) is 5.56 Å². The van der Waals surface area contributed by atoms with E-state index in [2.05, 4.69) is 20.3 Å². The standard InChI is InChI=1S/C15H20N6O3/c1-20-6-5-16-13(14(20)22)18-9-11-10-21(7-8-24-11)15-17-4-3-12(19-15)23-2/h3-6,11H,7-10H2,1-2H3,(H,16,18)/t11-/m1/s1. The SMILES string of the molecule is COc1ccnc(N2CCO[C@H](CNc3nccn(C)c3=O)C2)n1. The number of hydrogen-bond donors (Lipinski definition) is 1. The van der Waals surface area contributed by atoms with Crippen LogP contribution in [-0.2, 0) is 11.8 Å². The molecular formula is C15H20N6O3. The van der Waals surface area contributed by atoms with Crippen LogP contribution in [-0.4, -0.2) is 59.0 Å². The Kier molecular flexibility index (Phi) is 4.90. The number of aromatic nitrogens is 4. The topological polar surface area (TPSA) is 94.4 Å². The molecule has 0 spiro atoms. The number of rotatable bonds is 5. The third-order valence-electron chi connectivity index (χ3n) is 3.76. The molecule has 1 aliphatic heterocycles. The normalized spacial score (nSPS) is 17.6.